The number of aromatic nitrogens is 1. The third kappa shape index (κ3) is 4.28. The van der Waals surface area contributed by atoms with Gasteiger partial charge in [0.2, 0.25) is 5.91 Å². The van der Waals surface area contributed by atoms with Gasteiger partial charge in [-0.2, -0.15) is 8.78 Å². The van der Waals surface area contributed by atoms with E-state index in [1.54, 1.807) is 24.3 Å². The van der Waals surface area contributed by atoms with Gasteiger partial charge in [0, 0.05) is 10.3 Å². The van der Waals surface area contributed by atoms with Crippen LogP contribution in [-0.2, 0) is 11.2 Å². The van der Waals surface area contributed by atoms with Crippen molar-refractivity contribution in [2.75, 3.05) is 5.32 Å². The van der Waals surface area contributed by atoms with Crippen LogP contribution in [0.3, 0.4) is 0 Å². The summed E-state index contributed by atoms with van der Waals surface area (Å²) in [7, 11) is 0. The van der Waals surface area contributed by atoms with Crippen LogP contribution >= 0.6 is 23.1 Å². The quantitative estimate of drug-likeness (QED) is 0.850. The van der Waals surface area contributed by atoms with Crippen molar-refractivity contribution < 1.29 is 13.6 Å². The van der Waals surface area contributed by atoms with E-state index >= 15 is 0 Å². The molecule has 1 aromatic carbocycles. The summed E-state index contributed by atoms with van der Waals surface area (Å²) < 4.78 is 24.9. The Balaban J connectivity index is 2.04. The second-order valence-electron chi connectivity index (χ2n) is 3.96. The van der Waals surface area contributed by atoms with Gasteiger partial charge in [-0.3, -0.25) is 4.79 Å². The Morgan fingerprint density at radius 2 is 2.20 bits per heavy atom. The standard InChI is InChI=1S/C13H12F2N2OS2/c1-8-16-9(7-19-8)6-12(18)17-10-4-2-3-5-11(10)20-13(14)15/h2-5,7,13H,6H2,1H3,(H,17,18). The molecule has 0 saturated heterocycles. The van der Waals surface area contributed by atoms with Crippen LogP contribution in [0.15, 0.2) is 34.5 Å². The summed E-state index contributed by atoms with van der Waals surface area (Å²) in [4.78, 5) is 16.4. The second kappa shape index (κ2) is 6.81. The second-order valence-corrected chi connectivity index (χ2v) is 6.05. The summed E-state index contributed by atoms with van der Waals surface area (Å²) in [5.74, 6) is -2.79. The average Bonchev–Trinajstić information content (AvgIpc) is 2.76. The van der Waals surface area contributed by atoms with E-state index in [1.807, 2.05) is 12.3 Å². The highest BCUT2D eigenvalue weighted by atomic mass is 32.2. The van der Waals surface area contributed by atoms with Gasteiger partial charge in [-0.25, -0.2) is 4.98 Å². The van der Waals surface area contributed by atoms with E-state index in [-0.39, 0.29) is 12.3 Å². The Labute approximate surface area is 123 Å². The monoisotopic (exact) mass is 314 g/mol. The summed E-state index contributed by atoms with van der Waals surface area (Å²) in [5, 5.41) is 5.35. The fourth-order valence-electron chi connectivity index (χ4n) is 1.62. The zero-order valence-corrected chi connectivity index (χ0v) is 12.2. The first-order valence-electron chi connectivity index (χ1n) is 5.79. The molecule has 1 aromatic heterocycles. The van der Waals surface area contributed by atoms with E-state index in [0.29, 0.717) is 28.0 Å². The first-order valence-corrected chi connectivity index (χ1v) is 7.55. The summed E-state index contributed by atoms with van der Waals surface area (Å²) in [6, 6.07) is 6.51. The number of benzene rings is 1. The molecule has 0 aliphatic rings. The van der Waals surface area contributed by atoms with Crippen molar-refractivity contribution in [3.8, 4) is 0 Å². The van der Waals surface area contributed by atoms with Crippen molar-refractivity contribution in [2.24, 2.45) is 0 Å². The molecule has 3 nitrogen and oxygen atoms in total. The molecular weight excluding hydrogens is 302 g/mol. The maximum Gasteiger partial charge on any atom is 0.288 e. The van der Waals surface area contributed by atoms with Crippen LogP contribution in [0.4, 0.5) is 14.5 Å². The molecule has 7 heteroatoms. The number of thiazole rings is 1. The summed E-state index contributed by atoms with van der Waals surface area (Å²) >= 11 is 1.89. The molecule has 0 atom stereocenters. The molecule has 1 heterocycles. The number of hydrogen-bond acceptors (Lipinski definition) is 4. The highest BCUT2D eigenvalue weighted by Crippen LogP contribution is 2.31. The van der Waals surface area contributed by atoms with Crippen LogP contribution < -0.4 is 5.32 Å². The zero-order chi connectivity index (χ0) is 14.5. The molecule has 0 spiro atoms. The number of para-hydroxylation sites is 1. The van der Waals surface area contributed by atoms with Gasteiger partial charge >= 0.3 is 0 Å². The minimum absolute atomic E-state index is 0.137. The van der Waals surface area contributed by atoms with Gasteiger partial charge in [-0.15, -0.1) is 11.3 Å². The average molecular weight is 314 g/mol. The summed E-state index contributed by atoms with van der Waals surface area (Å²) in [6.07, 6.45) is 0.137. The molecule has 0 fully saturated rings. The molecule has 20 heavy (non-hydrogen) atoms. The number of nitrogens with one attached hydrogen (secondary N) is 1. The smallest absolute Gasteiger partial charge is 0.288 e. The molecule has 0 saturated carbocycles. The molecule has 106 valence electrons. The lowest BCUT2D eigenvalue weighted by atomic mass is 10.3. The third-order valence-corrected chi connectivity index (χ3v) is 4.00. The van der Waals surface area contributed by atoms with E-state index in [2.05, 4.69) is 10.3 Å². The zero-order valence-electron chi connectivity index (χ0n) is 10.6. The van der Waals surface area contributed by atoms with Crippen molar-refractivity contribution in [2.45, 2.75) is 24.0 Å². The number of halogens is 2. The van der Waals surface area contributed by atoms with Crippen molar-refractivity contribution >= 4 is 34.7 Å². The molecule has 2 rings (SSSR count). The highest BCUT2D eigenvalue weighted by Gasteiger charge is 2.12. The molecule has 0 bridgehead atoms. The molecule has 2 aromatic rings. The summed E-state index contributed by atoms with van der Waals surface area (Å²) in [6.45, 7) is 1.86. The predicted octanol–water partition coefficient (Wildman–Crippen LogP) is 3.95. The van der Waals surface area contributed by atoms with Crippen LogP contribution in [0.2, 0.25) is 0 Å². The van der Waals surface area contributed by atoms with Crippen LogP contribution in [0.1, 0.15) is 10.7 Å². The lowest BCUT2D eigenvalue weighted by Gasteiger charge is -2.09. The van der Waals surface area contributed by atoms with Crippen LogP contribution in [0.5, 0.6) is 0 Å². The number of hydrogen-bond donors (Lipinski definition) is 1. The van der Waals surface area contributed by atoms with Gasteiger partial charge < -0.3 is 5.32 Å². The molecule has 1 N–H and O–H groups in total. The fraction of sp³-hybridized carbons (Fsp3) is 0.231. The maximum absolute atomic E-state index is 12.4. The highest BCUT2D eigenvalue weighted by molar-refractivity contribution is 7.99. The number of alkyl halides is 2. The van der Waals surface area contributed by atoms with Crippen LogP contribution in [0.25, 0.3) is 0 Å². The number of thioether (sulfide) groups is 1. The van der Waals surface area contributed by atoms with Crippen molar-refractivity contribution in [3.63, 3.8) is 0 Å². The largest absolute Gasteiger partial charge is 0.325 e. The van der Waals surface area contributed by atoms with Gasteiger partial charge in [0.15, 0.2) is 0 Å². The fourth-order valence-corrected chi connectivity index (χ4v) is 2.82. The Hall–Kier alpha value is -1.47. The van der Waals surface area contributed by atoms with Crippen molar-refractivity contribution in [3.05, 3.63) is 40.3 Å². The lowest BCUT2D eigenvalue weighted by molar-refractivity contribution is -0.115. The molecule has 0 radical (unpaired) electrons. The molecule has 0 aliphatic heterocycles. The topological polar surface area (TPSA) is 42.0 Å². The minimum Gasteiger partial charge on any atom is -0.325 e. The Bertz CT molecular complexity index is 602. The number of aryl methyl sites for hydroxylation is 1. The number of nitrogens with zero attached hydrogens (tertiary/aromatic N) is 1. The Kier molecular flexibility index (Phi) is 5.08. The number of rotatable bonds is 5. The summed E-state index contributed by atoms with van der Waals surface area (Å²) in [5.41, 5.74) is 1.08. The number of carbonyl (C=O) groups is 1. The SMILES string of the molecule is Cc1nc(CC(=O)Nc2ccccc2SC(F)F)cs1. The Morgan fingerprint density at radius 3 is 2.85 bits per heavy atom. The number of anilines is 1. The van der Waals surface area contributed by atoms with E-state index in [4.69, 9.17) is 0 Å². The van der Waals surface area contributed by atoms with Gasteiger partial charge in [0.25, 0.3) is 5.76 Å². The molecular formula is C13H12F2N2OS2. The van der Waals surface area contributed by atoms with Gasteiger partial charge in [-0.1, -0.05) is 23.9 Å². The maximum atomic E-state index is 12.4. The van der Waals surface area contributed by atoms with Crippen LogP contribution in [-0.4, -0.2) is 16.6 Å². The van der Waals surface area contributed by atoms with Gasteiger partial charge in [0.1, 0.15) is 0 Å². The van der Waals surface area contributed by atoms with Gasteiger partial charge in [-0.05, 0) is 19.1 Å². The molecule has 0 unspecified atom stereocenters. The van der Waals surface area contributed by atoms with Crippen LogP contribution in [0, 0.1) is 6.92 Å². The van der Waals surface area contributed by atoms with E-state index in [9.17, 15) is 13.6 Å². The molecule has 0 aliphatic carbocycles. The normalized spacial score (nSPS) is 10.8. The third-order valence-electron chi connectivity index (χ3n) is 2.39. The molecule has 1 amide bonds. The lowest BCUT2D eigenvalue weighted by Crippen LogP contribution is -2.15. The minimum atomic E-state index is -2.52. The number of amides is 1. The van der Waals surface area contributed by atoms with E-state index < -0.39 is 5.76 Å². The first kappa shape index (κ1) is 14.9. The van der Waals surface area contributed by atoms with Gasteiger partial charge in [0.05, 0.1) is 22.8 Å². The number of carbonyl (C=O) groups excluding carboxylic acids is 1. The van der Waals surface area contributed by atoms with E-state index in [1.165, 1.54) is 11.3 Å². The first-order chi connectivity index (χ1) is 9.54. The van der Waals surface area contributed by atoms with E-state index in [0.717, 1.165) is 5.01 Å². The Morgan fingerprint density at radius 1 is 1.45 bits per heavy atom. The van der Waals surface area contributed by atoms with Crippen molar-refractivity contribution in [1.82, 2.24) is 4.98 Å². The predicted molar refractivity (Wildman–Crippen MR) is 77.5 cm³/mol. The van der Waals surface area contributed by atoms with Crippen molar-refractivity contribution in [1.29, 1.82) is 0 Å².